The second kappa shape index (κ2) is 11.0. The van der Waals surface area contributed by atoms with Gasteiger partial charge in [-0.2, -0.15) is 0 Å². The minimum atomic E-state index is -0.270. The molecule has 3 aromatic rings. The number of nitrogens with zero attached hydrogens (tertiary/aromatic N) is 3. The molecule has 0 unspecified atom stereocenters. The first-order valence-corrected chi connectivity index (χ1v) is 12.3. The minimum absolute atomic E-state index is 0.270. The van der Waals surface area contributed by atoms with E-state index in [1.54, 1.807) is 0 Å². The zero-order valence-corrected chi connectivity index (χ0v) is 20.9. The molecule has 1 aliphatic rings. The van der Waals surface area contributed by atoms with Crippen molar-refractivity contribution in [2.75, 3.05) is 36.5 Å². The topological polar surface area (TPSA) is 67.4 Å². The maximum absolute atomic E-state index is 11.7. The van der Waals surface area contributed by atoms with Gasteiger partial charge in [0.1, 0.15) is 10.9 Å². The molecule has 6 nitrogen and oxygen atoms in total. The Bertz CT molecular complexity index is 1190. The van der Waals surface area contributed by atoms with Crippen molar-refractivity contribution in [2.24, 2.45) is 0 Å². The van der Waals surface area contributed by atoms with Crippen LogP contribution in [0.2, 0.25) is 5.02 Å². The van der Waals surface area contributed by atoms with Crippen molar-refractivity contribution >= 4 is 40.6 Å². The van der Waals surface area contributed by atoms with Crippen LogP contribution in [0.3, 0.4) is 0 Å². The zero-order valence-electron chi connectivity index (χ0n) is 19.3. The van der Waals surface area contributed by atoms with E-state index in [2.05, 4.69) is 46.0 Å². The van der Waals surface area contributed by atoms with Crippen molar-refractivity contribution in [1.82, 2.24) is 9.97 Å². The molecule has 1 aromatic heterocycles. The number of nitrogens with one attached hydrogen (secondary N) is 1. The fourth-order valence-electron chi connectivity index (χ4n) is 3.64. The summed E-state index contributed by atoms with van der Waals surface area (Å²) >= 11 is 8.12. The van der Waals surface area contributed by atoms with E-state index in [0.29, 0.717) is 17.1 Å². The number of carbonyl (C=O) groups excluding carboxylic acids is 1. The number of aromatic nitrogens is 2. The smallest absolute Gasteiger partial charge is 0.247 e. The Kier molecular flexibility index (Phi) is 7.88. The van der Waals surface area contributed by atoms with E-state index < -0.39 is 0 Å². The molecule has 4 rings (SSSR count). The fraction of sp³-hybridized carbons (Fsp3) is 0.269. The molecule has 176 valence electrons. The molecule has 34 heavy (non-hydrogen) atoms. The molecular weight excluding hydrogens is 468 g/mol. The Labute approximate surface area is 209 Å². The lowest BCUT2D eigenvalue weighted by molar-refractivity contribution is -0.111. The molecule has 1 fully saturated rings. The van der Waals surface area contributed by atoms with Crippen LogP contribution in [-0.2, 0) is 16.0 Å². The normalized spacial score (nSPS) is 13.6. The van der Waals surface area contributed by atoms with Crippen LogP contribution in [0.5, 0.6) is 0 Å². The van der Waals surface area contributed by atoms with Gasteiger partial charge < -0.3 is 15.0 Å². The van der Waals surface area contributed by atoms with E-state index in [-0.39, 0.29) is 5.91 Å². The van der Waals surface area contributed by atoms with Gasteiger partial charge in [-0.25, -0.2) is 9.97 Å². The number of rotatable bonds is 7. The number of hydrogen-bond acceptors (Lipinski definition) is 6. The van der Waals surface area contributed by atoms with E-state index in [9.17, 15) is 4.79 Å². The van der Waals surface area contributed by atoms with Crippen molar-refractivity contribution in [3.63, 3.8) is 0 Å². The summed E-state index contributed by atoms with van der Waals surface area (Å²) in [7, 11) is 0. The second-order valence-corrected chi connectivity index (χ2v) is 9.47. The lowest BCUT2D eigenvalue weighted by Crippen LogP contribution is -2.36. The van der Waals surface area contributed by atoms with Crippen LogP contribution in [0.25, 0.3) is 0 Å². The quantitative estimate of drug-likeness (QED) is 0.348. The maximum Gasteiger partial charge on any atom is 0.247 e. The number of hydrogen-bond donors (Lipinski definition) is 1. The molecule has 1 amide bonds. The Morgan fingerprint density at radius 1 is 1.21 bits per heavy atom. The molecule has 0 bridgehead atoms. The van der Waals surface area contributed by atoms with Crippen LogP contribution in [0.1, 0.15) is 22.5 Å². The third kappa shape index (κ3) is 5.78. The monoisotopic (exact) mass is 494 g/mol. The first-order valence-electron chi connectivity index (χ1n) is 11.1. The van der Waals surface area contributed by atoms with E-state index >= 15 is 0 Å². The van der Waals surface area contributed by atoms with Crippen LogP contribution in [0, 0.1) is 13.8 Å². The Hall–Kier alpha value is -2.87. The van der Waals surface area contributed by atoms with Crippen molar-refractivity contribution in [3.05, 3.63) is 82.8 Å². The van der Waals surface area contributed by atoms with Gasteiger partial charge in [0.15, 0.2) is 0 Å². The molecule has 0 saturated carbocycles. The second-order valence-electron chi connectivity index (χ2n) is 8.06. The summed E-state index contributed by atoms with van der Waals surface area (Å²) in [5.41, 5.74) is 4.82. The van der Waals surface area contributed by atoms with Gasteiger partial charge in [0.2, 0.25) is 5.91 Å². The number of aryl methyl sites for hydroxylation is 1. The number of ether oxygens (including phenoxy) is 1. The molecule has 2 aromatic carbocycles. The van der Waals surface area contributed by atoms with Gasteiger partial charge >= 0.3 is 0 Å². The van der Waals surface area contributed by atoms with Crippen molar-refractivity contribution in [3.8, 4) is 0 Å². The van der Waals surface area contributed by atoms with Crippen molar-refractivity contribution in [1.29, 1.82) is 0 Å². The average molecular weight is 495 g/mol. The molecule has 0 spiro atoms. The van der Waals surface area contributed by atoms with Crippen LogP contribution >= 0.6 is 23.4 Å². The molecule has 0 aliphatic carbocycles. The lowest BCUT2D eigenvalue weighted by atomic mass is 10.1. The number of carbonyl (C=O) groups is 1. The molecule has 0 radical (unpaired) electrons. The predicted molar refractivity (Wildman–Crippen MR) is 138 cm³/mol. The highest BCUT2D eigenvalue weighted by Gasteiger charge is 2.14. The minimum Gasteiger partial charge on any atom is -0.378 e. The number of halogens is 1. The Morgan fingerprint density at radius 3 is 2.65 bits per heavy atom. The predicted octanol–water partition coefficient (Wildman–Crippen LogP) is 5.45. The molecular formula is C26H27ClN4O2S. The van der Waals surface area contributed by atoms with Crippen molar-refractivity contribution in [2.45, 2.75) is 30.2 Å². The first-order chi connectivity index (χ1) is 16.4. The highest BCUT2D eigenvalue weighted by atomic mass is 35.5. The summed E-state index contributed by atoms with van der Waals surface area (Å²) in [5.74, 6) is 0.490. The molecule has 1 saturated heterocycles. The van der Waals surface area contributed by atoms with Gasteiger partial charge in [0.25, 0.3) is 0 Å². The van der Waals surface area contributed by atoms with E-state index in [1.165, 1.54) is 23.5 Å². The summed E-state index contributed by atoms with van der Waals surface area (Å²) in [6.07, 6.45) is 3.74. The standard InChI is InChI=1S/C26H27ClN4O2S/c1-4-24(32)29-21-9-10-22(25(27)18(21)3)34-26-17(2)16-28-23(30-26)15-19-5-7-20(8-6-19)31-11-13-33-14-12-31/h4-10,16H,1,11-15H2,2-3H3,(H,29,32). The van der Waals surface area contributed by atoms with Gasteiger partial charge in [0, 0.05) is 42.0 Å². The van der Waals surface area contributed by atoms with E-state index in [0.717, 1.165) is 58.7 Å². The van der Waals surface area contributed by atoms with Gasteiger partial charge in [-0.15, -0.1) is 0 Å². The highest BCUT2D eigenvalue weighted by molar-refractivity contribution is 7.99. The summed E-state index contributed by atoms with van der Waals surface area (Å²) < 4.78 is 5.44. The van der Waals surface area contributed by atoms with Crippen LogP contribution in [0.15, 0.2) is 65.2 Å². The maximum atomic E-state index is 11.7. The molecule has 0 atom stereocenters. The first kappa shape index (κ1) is 24.3. The van der Waals surface area contributed by atoms with E-state index in [4.69, 9.17) is 21.3 Å². The van der Waals surface area contributed by atoms with Gasteiger partial charge in [-0.1, -0.05) is 42.1 Å². The van der Waals surface area contributed by atoms with Crippen LogP contribution < -0.4 is 10.2 Å². The van der Waals surface area contributed by atoms with E-state index in [1.807, 2.05) is 32.2 Å². The Morgan fingerprint density at radius 2 is 1.94 bits per heavy atom. The molecule has 8 heteroatoms. The highest BCUT2D eigenvalue weighted by Crippen LogP contribution is 2.38. The Balaban J connectivity index is 1.49. The number of benzene rings is 2. The lowest BCUT2D eigenvalue weighted by Gasteiger charge is -2.28. The largest absolute Gasteiger partial charge is 0.378 e. The fourth-order valence-corrected chi connectivity index (χ4v) is 4.87. The van der Waals surface area contributed by atoms with Crippen LogP contribution in [0.4, 0.5) is 11.4 Å². The third-order valence-electron chi connectivity index (χ3n) is 5.65. The zero-order chi connectivity index (χ0) is 24.1. The summed E-state index contributed by atoms with van der Waals surface area (Å²) in [4.78, 5) is 24.2. The average Bonchev–Trinajstić information content (AvgIpc) is 2.86. The number of anilines is 2. The third-order valence-corrected chi connectivity index (χ3v) is 7.42. The van der Waals surface area contributed by atoms with Crippen molar-refractivity contribution < 1.29 is 9.53 Å². The molecule has 2 heterocycles. The van der Waals surface area contributed by atoms with Gasteiger partial charge in [-0.05, 0) is 60.9 Å². The number of morpholine rings is 1. The number of amides is 1. The van der Waals surface area contributed by atoms with Gasteiger partial charge in [0.05, 0.1) is 18.2 Å². The summed E-state index contributed by atoms with van der Waals surface area (Å²) in [6.45, 7) is 10.7. The van der Waals surface area contributed by atoms with Gasteiger partial charge in [-0.3, -0.25) is 4.79 Å². The molecule has 1 aliphatic heterocycles. The van der Waals surface area contributed by atoms with Crippen LogP contribution in [-0.4, -0.2) is 42.2 Å². The summed E-state index contributed by atoms with van der Waals surface area (Å²) in [6, 6.07) is 12.3. The molecule has 1 N–H and O–H groups in total. The SMILES string of the molecule is C=CC(=O)Nc1ccc(Sc2nc(Cc3ccc(N4CCOCC4)cc3)ncc2C)c(Cl)c1C. The summed E-state index contributed by atoms with van der Waals surface area (Å²) in [5, 5.41) is 4.23.